The second kappa shape index (κ2) is 20.2. The van der Waals surface area contributed by atoms with Gasteiger partial charge in [0.15, 0.2) is 24.4 Å². The van der Waals surface area contributed by atoms with Gasteiger partial charge in [-0.3, -0.25) is 38.4 Å². The lowest BCUT2D eigenvalue weighted by atomic mass is 9.96. The Kier molecular flexibility index (Phi) is 16.1. The number of benzene rings is 1. The molecule has 2 N–H and O–H groups in total. The Labute approximate surface area is 320 Å². The van der Waals surface area contributed by atoms with Crippen LogP contribution in [0.15, 0.2) is 24.3 Å². The highest BCUT2D eigenvalue weighted by molar-refractivity contribution is 5.89. The summed E-state index contributed by atoms with van der Waals surface area (Å²) in [6, 6.07) is 2.42. The van der Waals surface area contributed by atoms with Gasteiger partial charge in [0, 0.05) is 55.4 Å². The number of ether oxygens (including phenoxy) is 10. The zero-order valence-electron chi connectivity index (χ0n) is 31.8. The van der Waals surface area contributed by atoms with Crippen molar-refractivity contribution >= 4 is 53.6 Å². The van der Waals surface area contributed by atoms with Gasteiger partial charge in [-0.25, -0.2) is 4.79 Å². The van der Waals surface area contributed by atoms with E-state index >= 15 is 0 Å². The van der Waals surface area contributed by atoms with E-state index in [9.17, 15) is 43.2 Å². The summed E-state index contributed by atoms with van der Waals surface area (Å²) in [5.74, 6) is -6.95. The number of hydrogen-bond donors (Lipinski definition) is 2. The molecular weight excluding hydrogens is 752 g/mol. The zero-order chi connectivity index (χ0) is 41.9. The molecule has 0 bridgehead atoms. The predicted octanol–water partition coefficient (Wildman–Crippen LogP) is -0.466. The molecular formula is C35H44N2O19. The molecule has 0 aliphatic carbocycles. The standard InChI is InChI=1S/C35H44N2O19/c1-15(38)36-27-31(51-21(7)44)29(49-19(5)42)25(13-47-17(3)40)54-34(27)53-24-11-9-23(10-12-24)33(46)56-35-28(37-16(2)39)32(52-22(8)45)30(50-20(6)43)26(55-35)14-48-18(4)41/h9-12,25-32,34-35H,13-14H2,1-8H3,(H,36,38)(H,37,39)/t25-,26-,27-,28-,29+,30+,31-,32+,34+,35+/m0/s1. The molecule has 0 aromatic heterocycles. The molecule has 21 nitrogen and oxygen atoms in total. The lowest BCUT2D eigenvalue weighted by molar-refractivity contribution is -0.263. The molecule has 0 saturated carbocycles. The van der Waals surface area contributed by atoms with Crippen LogP contribution in [0.25, 0.3) is 0 Å². The maximum atomic E-state index is 13.5. The fourth-order valence-electron chi connectivity index (χ4n) is 5.76. The lowest BCUT2D eigenvalue weighted by Gasteiger charge is -2.44. The maximum Gasteiger partial charge on any atom is 0.340 e. The van der Waals surface area contributed by atoms with Crippen molar-refractivity contribution in [3.05, 3.63) is 29.8 Å². The molecule has 21 heteroatoms. The van der Waals surface area contributed by atoms with Crippen LogP contribution in [-0.2, 0) is 81.0 Å². The Bertz CT molecular complexity index is 1650. The molecule has 2 fully saturated rings. The van der Waals surface area contributed by atoms with Gasteiger partial charge in [0.2, 0.25) is 24.4 Å². The highest BCUT2D eigenvalue weighted by Crippen LogP contribution is 2.31. The van der Waals surface area contributed by atoms with E-state index in [-0.39, 0.29) is 11.3 Å². The second-order valence-electron chi connectivity index (χ2n) is 12.5. The van der Waals surface area contributed by atoms with Gasteiger partial charge in [0.25, 0.3) is 0 Å². The van der Waals surface area contributed by atoms with Crippen LogP contribution in [0.1, 0.15) is 65.7 Å². The van der Waals surface area contributed by atoms with Crippen LogP contribution < -0.4 is 15.4 Å². The van der Waals surface area contributed by atoms with Gasteiger partial charge in [-0.15, -0.1) is 0 Å². The number of hydrogen-bond acceptors (Lipinski definition) is 19. The minimum Gasteiger partial charge on any atom is -0.463 e. The van der Waals surface area contributed by atoms with Crippen molar-refractivity contribution in [2.24, 2.45) is 0 Å². The number of carbonyl (C=O) groups is 9. The van der Waals surface area contributed by atoms with Crippen molar-refractivity contribution in [1.82, 2.24) is 10.6 Å². The van der Waals surface area contributed by atoms with Crippen molar-refractivity contribution in [2.45, 2.75) is 117 Å². The molecule has 2 amide bonds. The van der Waals surface area contributed by atoms with Crippen LogP contribution >= 0.6 is 0 Å². The number of esters is 7. The summed E-state index contributed by atoms with van der Waals surface area (Å²) >= 11 is 0. The number of rotatable bonds is 14. The Morgan fingerprint density at radius 1 is 0.500 bits per heavy atom. The highest BCUT2D eigenvalue weighted by atomic mass is 16.7. The molecule has 2 aliphatic rings. The molecule has 2 aliphatic heterocycles. The normalized spacial score (nSPS) is 26.9. The first-order chi connectivity index (χ1) is 26.2. The molecule has 56 heavy (non-hydrogen) atoms. The third-order valence-corrected chi connectivity index (χ3v) is 7.71. The van der Waals surface area contributed by atoms with E-state index in [4.69, 9.17) is 47.4 Å². The van der Waals surface area contributed by atoms with E-state index in [0.717, 1.165) is 48.5 Å². The van der Waals surface area contributed by atoms with Crippen LogP contribution in [0.2, 0.25) is 0 Å². The van der Waals surface area contributed by atoms with E-state index in [2.05, 4.69) is 10.6 Å². The molecule has 0 unspecified atom stereocenters. The average Bonchev–Trinajstić information content (AvgIpc) is 3.07. The molecule has 1 aromatic carbocycles. The van der Waals surface area contributed by atoms with Gasteiger partial charge in [-0.05, 0) is 24.3 Å². The molecule has 308 valence electrons. The Morgan fingerprint density at radius 2 is 0.875 bits per heavy atom. The van der Waals surface area contributed by atoms with Gasteiger partial charge in [0.05, 0.1) is 5.56 Å². The van der Waals surface area contributed by atoms with Crippen LogP contribution in [0.3, 0.4) is 0 Å². The third kappa shape index (κ3) is 13.2. The number of amides is 2. The summed E-state index contributed by atoms with van der Waals surface area (Å²) in [6.07, 6.45) is -11.4. The monoisotopic (exact) mass is 796 g/mol. The summed E-state index contributed by atoms with van der Waals surface area (Å²) < 4.78 is 55.2. The SMILES string of the molecule is CC(=O)N[C@@H]1[C@@H](OC(=O)c2ccc(O[C@@H]3O[C@@H](COC(C)=O)[C@@H](OC(C)=O)[C@@H](OC(C)=O)[C@@H]3NC(C)=O)cc2)O[C@@H](COC(C)=O)[C@@H](OC(C)=O)[C@@H]1OC(C)=O. The Morgan fingerprint density at radius 3 is 1.25 bits per heavy atom. The van der Waals surface area contributed by atoms with E-state index in [1.807, 2.05) is 0 Å². The van der Waals surface area contributed by atoms with Crippen molar-refractivity contribution in [3.63, 3.8) is 0 Å². The van der Waals surface area contributed by atoms with E-state index in [1.54, 1.807) is 0 Å². The Balaban J connectivity index is 1.93. The van der Waals surface area contributed by atoms with Crippen molar-refractivity contribution in [1.29, 1.82) is 0 Å². The van der Waals surface area contributed by atoms with Crippen LogP contribution in [0.4, 0.5) is 0 Å². The smallest absolute Gasteiger partial charge is 0.340 e. The number of carbonyl (C=O) groups excluding carboxylic acids is 9. The maximum absolute atomic E-state index is 13.5. The third-order valence-electron chi connectivity index (χ3n) is 7.71. The van der Waals surface area contributed by atoms with E-state index in [1.165, 1.54) is 31.2 Å². The summed E-state index contributed by atoms with van der Waals surface area (Å²) in [5.41, 5.74) is -0.103. The summed E-state index contributed by atoms with van der Waals surface area (Å²) in [6.45, 7) is 7.86. The van der Waals surface area contributed by atoms with Crippen LogP contribution in [0.5, 0.6) is 5.75 Å². The second-order valence-corrected chi connectivity index (χ2v) is 12.5. The highest BCUT2D eigenvalue weighted by Gasteiger charge is 2.53. The largest absolute Gasteiger partial charge is 0.463 e. The molecule has 10 atom stereocenters. The van der Waals surface area contributed by atoms with Gasteiger partial charge < -0.3 is 58.0 Å². The first-order valence-corrected chi connectivity index (χ1v) is 17.0. The quantitative estimate of drug-likeness (QED) is 0.178. The van der Waals surface area contributed by atoms with Crippen molar-refractivity contribution < 1.29 is 90.5 Å². The van der Waals surface area contributed by atoms with Crippen molar-refractivity contribution in [2.75, 3.05) is 13.2 Å². The van der Waals surface area contributed by atoms with Gasteiger partial charge in [-0.1, -0.05) is 0 Å². The fourth-order valence-corrected chi connectivity index (χ4v) is 5.76. The predicted molar refractivity (Wildman–Crippen MR) is 180 cm³/mol. The average molecular weight is 797 g/mol. The first kappa shape index (κ1) is 44.6. The van der Waals surface area contributed by atoms with Gasteiger partial charge in [0.1, 0.15) is 43.3 Å². The van der Waals surface area contributed by atoms with Crippen LogP contribution in [-0.4, -0.2) is 128 Å². The molecule has 0 spiro atoms. The molecule has 0 radical (unpaired) electrons. The van der Waals surface area contributed by atoms with Gasteiger partial charge in [-0.2, -0.15) is 0 Å². The molecule has 2 saturated heterocycles. The summed E-state index contributed by atoms with van der Waals surface area (Å²) in [4.78, 5) is 110. The summed E-state index contributed by atoms with van der Waals surface area (Å²) in [5, 5.41) is 5.05. The molecule has 3 rings (SSSR count). The number of nitrogens with one attached hydrogen (secondary N) is 2. The topological polar surface area (TPSA) is 270 Å². The van der Waals surface area contributed by atoms with Gasteiger partial charge >= 0.3 is 41.8 Å². The summed E-state index contributed by atoms with van der Waals surface area (Å²) in [7, 11) is 0. The molecule has 1 aromatic rings. The van der Waals surface area contributed by atoms with Crippen molar-refractivity contribution in [3.8, 4) is 5.75 Å². The van der Waals surface area contributed by atoms with Crippen LogP contribution in [0, 0.1) is 0 Å². The van der Waals surface area contributed by atoms with E-state index < -0.39 is 128 Å². The fraction of sp³-hybridized carbons (Fsp3) is 0.571. The zero-order valence-corrected chi connectivity index (χ0v) is 31.8. The minimum absolute atomic E-state index is 0.0336. The first-order valence-electron chi connectivity index (χ1n) is 17.0. The lowest BCUT2D eigenvalue weighted by Crippen LogP contribution is -2.67. The Hall–Kier alpha value is -5.83. The minimum atomic E-state index is -1.69. The molecule has 2 heterocycles. The van der Waals surface area contributed by atoms with E-state index in [0.29, 0.717) is 0 Å².